The second-order valence-corrected chi connectivity index (χ2v) is 10.2. The molecule has 40 heavy (non-hydrogen) atoms. The summed E-state index contributed by atoms with van der Waals surface area (Å²) in [4.78, 5) is 0. The van der Waals surface area contributed by atoms with Crippen molar-refractivity contribution in [1.82, 2.24) is 0 Å². The SMILES string of the molecule is CC1C=C(F)C(C2C=C(F)C(C3=C[C@H](F)C(C(F)(F)Oc4cc(F)c(C(F)(F)F)c(F)c4)C(F)=C3)[C@@H](F)C2)CC1. The van der Waals surface area contributed by atoms with Crippen molar-refractivity contribution in [3.05, 3.63) is 76.7 Å². The van der Waals surface area contributed by atoms with Gasteiger partial charge in [-0.3, -0.25) is 0 Å². The van der Waals surface area contributed by atoms with E-state index < -0.39 is 101 Å². The molecule has 1 nitrogen and oxygen atoms in total. The molecule has 0 N–H and O–H groups in total. The minimum absolute atomic E-state index is 0.0445. The Morgan fingerprint density at radius 1 is 0.800 bits per heavy atom. The van der Waals surface area contributed by atoms with Crippen molar-refractivity contribution in [2.24, 2.45) is 29.6 Å². The van der Waals surface area contributed by atoms with Gasteiger partial charge in [0.25, 0.3) is 0 Å². The lowest BCUT2D eigenvalue weighted by molar-refractivity contribution is -0.219. The standard InChI is InChI=1S/C27H22F12O/c1-11-2-3-15(16(28)4-11)12-5-17(29)23(18(30)6-12)13-7-19(31)25(20(32)8-13)27(38,39)40-14-9-21(33)24(22(34)10-14)26(35,36)37/h4-5,7-12,15,18-19,23,25H,2-3,6H2,1H3/t11?,12?,15?,18-,19-,23?,25?/m0/s1. The number of ether oxygens (including phenoxy) is 1. The Kier molecular flexibility index (Phi) is 8.16. The summed E-state index contributed by atoms with van der Waals surface area (Å²) in [6, 6.07) is -0.452. The van der Waals surface area contributed by atoms with E-state index in [2.05, 4.69) is 4.74 Å². The Hall–Kier alpha value is -2.86. The summed E-state index contributed by atoms with van der Waals surface area (Å²) in [5.74, 6) is -16.3. The van der Waals surface area contributed by atoms with E-state index in [0.717, 1.165) is 6.08 Å². The first kappa shape index (κ1) is 30.1. The maximum atomic E-state index is 15.1. The highest BCUT2D eigenvalue weighted by atomic mass is 19.4. The highest BCUT2D eigenvalue weighted by Crippen LogP contribution is 2.48. The number of rotatable bonds is 5. The van der Waals surface area contributed by atoms with Gasteiger partial charge in [0, 0.05) is 18.1 Å². The molecule has 0 spiro atoms. The van der Waals surface area contributed by atoms with Crippen molar-refractivity contribution in [3.8, 4) is 5.75 Å². The van der Waals surface area contributed by atoms with Crippen LogP contribution < -0.4 is 4.74 Å². The molecule has 3 aliphatic rings. The van der Waals surface area contributed by atoms with Crippen LogP contribution in [0.5, 0.6) is 5.75 Å². The third kappa shape index (κ3) is 5.93. The van der Waals surface area contributed by atoms with E-state index in [1.807, 2.05) is 0 Å². The van der Waals surface area contributed by atoms with Crippen molar-refractivity contribution in [2.75, 3.05) is 0 Å². The number of alkyl halides is 7. The van der Waals surface area contributed by atoms with Gasteiger partial charge in [-0.05, 0) is 61.0 Å². The molecule has 1 aromatic carbocycles. The Morgan fingerprint density at radius 3 is 1.95 bits per heavy atom. The van der Waals surface area contributed by atoms with E-state index in [1.165, 1.54) is 6.08 Å². The molecular weight excluding hydrogens is 568 g/mol. The lowest BCUT2D eigenvalue weighted by Gasteiger charge is -2.36. The van der Waals surface area contributed by atoms with Crippen LogP contribution in [0.4, 0.5) is 52.7 Å². The largest absolute Gasteiger partial charge is 0.432 e. The van der Waals surface area contributed by atoms with Crippen LogP contribution in [-0.4, -0.2) is 18.5 Å². The summed E-state index contributed by atoms with van der Waals surface area (Å²) in [5, 5.41) is 0. The molecule has 1 aromatic rings. The lowest BCUT2D eigenvalue weighted by Crippen LogP contribution is -2.42. The summed E-state index contributed by atoms with van der Waals surface area (Å²) in [6.07, 6.45) is -12.0. The first-order valence-corrected chi connectivity index (χ1v) is 12.2. The highest BCUT2D eigenvalue weighted by Gasteiger charge is 2.52. The smallest absolute Gasteiger partial charge is 0.422 e. The van der Waals surface area contributed by atoms with Crippen LogP contribution in [0.1, 0.15) is 31.7 Å². The number of allylic oxidation sites excluding steroid dienone is 7. The average molecular weight is 590 g/mol. The van der Waals surface area contributed by atoms with Crippen LogP contribution in [0.3, 0.4) is 0 Å². The topological polar surface area (TPSA) is 9.23 Å². The van der Waals surface area contributed by atoms with Crippen LogP contribution in [0.2, 0.25) is 0 Å². The van der Waals surface area contributed by atoms with Gasteiger partial charge in [-0.25, -0.2) is 30.7 Å². The second-order valence-electron chi connectivity index (χ2n) is 10.2. The Balaban J connectivity index is 1.54. The van der Waals surface area contributed by atoms with Gasteiger partial charge < -0.3 is 4.74 Å². The van der Waals surface area contributed by atoms with Gasteiger partial charge in [0.1, 0.15) is 52.9 Å². The molecule has 0 saturated carbocycles. The molecule has 13 heteroatoms. The van der Waals surface area contributed by atoms with Gasteiger partial charge in [0.2, 0.25) is 0 Å². The molecule has 220 valence electrons. The fourth-order valence-corrected chi connectivity index (χ4v) is 5.44. The monoisotopic (exact) mass is 590 g/mol. The fourth-order valence-electron chi connectivity index (χ4n) is 5.44. The van der Waals surface area contributed by atoms with E-state index >= 15 is 4.39 Å². The van der Waals surface area contributed by atoms with Gasteiger partial charge in [-0.15, -0.1) is 0 Å². The summed E-state index contributed by atoms with van der Waals surface area (Å²) in [7, 11) is 0. The zero-order valence-corrected chi connectivity index (χ0v) is 20.6. The molecular formula is C27H22F12O. The van der Waals surface area contributed by atoms with E-state index in [4.69, 9.17) is 0 Å². The molecule has 0 fully saturated rings. The predicted molar refractivity (Wildman–Crippen MR) is 119 cm³/mol. The van der Waals surface area contributed by atoms with Crippen molar-refractivity contribution < 1.29 is 57.4 Å². The quantitative estimate of drug-likeness (QED) is 0.311. The minimum Gasteiger partial charge on any atom is -0.432 e. The van der Waals surface area contributed by atoms with Crippen LogP contribution in [-0.2, 0) is 6.18 Å². The van der Waals surface area contributed by atoms with Gasteiger partial charge in [0.05, 0.1) is 11.7 Å². The number of hydrogen-bond acceptors (Lipinski definition) is 1. The maximum absolute atomic E-state index is 15.1. The van der Waals surface area contributed by atoms with E-state index in [9.17, 15) is 48.3 Å². The highest BCUT2D eigenvalue weighted by molar-refractivity contribution is 5.39. The normalized spacial score (nSPS) is 31.7. The third-order valence-corrected chi connectivity index (χ3v) is 7.32. The summed E-state index contributed by atoms with van der Waals surface area (Å²) in [5.41, 5.74) is -3.03. The van der Waals surface area contributed by atoms with Crippen LogP contribution >= 0.6 is 0 Å². The average Bonchev–Trinajstić information content (AvgIpc) is 2.76. The molecule has 5 unspecified atom stereocenters. The third-order valence-electron chi connectivity index (χ3n) is 7.32. The first-order valence-electron chi connectivity index (χ1n) is 12.2. The van der Waals surface area contributed by atoms with E-state index in [-0.39, 0.29) is 24.1 Å². The van der Waals surface area contributed by atoms with Crippen LogP contribution in [0.15, 0.2) is 59.5 Å². The minimum atomic E-state index is -5.50. The van der Waals surface area contributed by atoms with Crippen molar-refractivity contribution in [2.45, 2.75) is 50.8 Å². The summed E-state index contributed by atoms with van der Waals surface area (Å²) < 4.78 is 173. The van der Waals surface area contributed by atoms with Crippen molar-refractivity contribution in [3.63, 3.8) is 0 Å². The van der Waals surface area contributed by atoms with Crippen molar-refractivity contribution in [1.29, 1.82) is 0 Å². The fraction of sp³-hybridized carbons (Fsp3) is 0.481. The molecule has 0 aromatic heterocycles. The molecule has 0 heterocycles. The molecule has 7 atom stereocenters. The van der Waals surface area contributed by atoms with Crippen LogP contribution in [0.25, 0.3) is 0 Å². The Bertz CT molecular complexity index is 1240. The summed E-state index contributed by atoms with van der Waals surface area (Å²) in [6.45, 7) is 1.78. The zero-order chi connectivity index (χ0) is 29.7. The lowest BCUT2D eigenvalue weighted by atomic mass is 9.72. The number of halogens is 12. The van der Waals surface area contributed by atoms with E-state index in [1.54, 1.807) is 6.92 Å². The predicted octanol–water partition coefficient (Wildman–Crippen LogP) is 9.43. The molecule has 0 bridgehead atoms. The molecule has 0 saturated heterocycles. The molecule has 0 amide bonds. The second kappa shape index (κ2) is 10.8. The molecule has 0 aliphatic heterocycles. The Labute approximate surface area is 220 Å². The zero-order valence-electron chi connectivity index (χ0n) is 20.6. The molecule has 0 radical (unpaired) electrons. The van der Waals surface area contributed by atoms with Crippen molar-refractivity contribution >= 4 is 0 Å². The Morgan fingerprint density at radius 2 is 1.43 bits per heavy atom. The maximum Gasteiger partial charge on any atom is 0.422 e. The first-order chi connectivity index (χ1) is 18.5. The van der Waals surface area contributed by atoms with Gasteiger partial charge >= 0.3 is 12.3 Å². The van der Waals surface area contributed by atoms with Gasteiger partial charge in [-0.2, -0.15) is 22.0 Å². The van der Waals surface area contributed by atoms with Gasteiger partial charge in [0.15, 0.2) is 0 Å². The number of benzene rings is 1. The van der Waals surface area contributed by atoms with E-state index in [0.29, 0.717) is 18.9 Å². The molecule has 3 aliphatic carbocycles. The number of hydrogen-bond donors (Lipinski definition) is 0. The van der Waals surface area contributed by atoms with Crippen LogP contribution in [0, 0.1) is 41.2 Å². The summed E-state index contributed by atoms with van der Waals surface area (Å²) >= 11 is 0. The molecule has 4 rings (SSSR count). The van der Waals surface area contributed by atoms with Gasteiger partial charge in [-0.1, -0.05) is 6.92 Å².